The highest BCUT2D eigenvalue weighted by atomic mass is 16.5. The van der Waals surface area contributed by atoms with E-state index in [9.17, 15) is 9.59 Å². The number of carbonyl (C=O) groups is 2. The molecule has 144 valence electrons. The van der Waals surface area contributed by atoms with Crippen molar-refractivity contribution < 1.29 is 19.1 Å². The first kappa shape index (κ1) is 18.7. The van der Waals surface area contributed by atoms with E-state index in [1.807, 2.05) is 72.8 Å². The molecule has 0 heterocycles. The van der Waals surface area contributed by atoms with Gasteiger partial charge in [0.25, 0.3) is 0 Å². The van der Waals surface area contributed by atoms with Crippen LogP contribution in [-0.2, 0) is 9.59 Å². The summed E-state index contributed by atoms with van der Waals surface area (Å²) < 4.78 is 11.0. The zero-order valence-corrected chi connectivity index (χ0v) is 15.8. The van der Waals surface area contributed by atoms with Crippen LogP contribution in [0.1, 0.15) is 19.3 Å². The number of esters is 2. The zero-order valence-electron chi connectivity index (χ0n) is 15.8. The Morgan fingerprint density at radius 1 is 0.552 bits per heavy atom. The van der Waals surface area contributed by atoms with Gasteiger partial charge < -0.3 is 9.47 Å². The first-order valence-corrected chi connectivity index (χ1v) is 9.57. The van der Waals surface area contributed by atoms with Crippen LogP contribution in [0, 0.1) is 0 Å². The van der Waals surface area contributed by atoms with Gasteiger partial charge in [-0.3, -0.25) is 9.59 Å². The Morgan fingerprint density at radius 3 is 1.45 bits per heavy atom. The summed E-state index contributed by atoms with van der Waals surface area (Å²) in [6.45, 7) is 0. The van der Waals surface area contributed by atoms with E-state index in [2.05, 4.69) is 0 Å². The van der Waals surface area contributed by atoms with Crippen LogP contribution in [0.4, 0.5) is 0 Å². The van der Waals surface area contributed by atoms with E-state index < -0.39 is 0 Å². The van der Waals surface area contributed by atoms with Crippen LogP contribution in [-0.4, -0.2) is 11.9 Å². The fraction of sp³-hybridized carbons (Fsp3) is 0.120. The second-order valence-corrected chi connectivity index (χ2v) is 6.76. The summed E-state index contributed by atoms with van der Waals surface area (Å²) >= 11 is 0. The maximum atomic E-state index is 12.2. The molecule has 4 aromatic carbocycles. The Labute approximate surface area is 168 Å². The third-order valence-electron chi connectivity index (χ3n) is 4.71. The number of ether oxygens (including phenoxy) is 2. The molecule has 0 saturated heterocycles. The smallest absolute Gasteiger partial charge is 0.311 e. The predicted octanol–water partition coefficient (Wildman–Crippen LogP) is 5.67. The molecule has 4 nitrogen and oxygen atoms in total. The summed E-state index contributed by atoms with van der Waals surface area (Å²) in [6, 6.07) is 26.6. The van der Waals surface area contributed by atoms with Crippen LogP contribution in [0.3, 0.4) is 0 Å². The molecule has 0 amide bonds. The lowest BCUT2D eigenvalue weighted by molar-refractivity contribution is -0.135. The molecule has 0 fully saturated rings. The average Bonchev–Trinajstić information content (AvgIpc) is 2.74. The highest BCUT2D eigenvalue weighted by molar-refractivity contribution is 5.91. The standard InChI is InChI=1S/C25H20O4/c26-24(28-22-14-5-10-18-8-1-3-12-20(18)22)16-7-17-25(27)29-23-15-6-11-19-9-2-4-13-21(19)23/h1-6,8-15H,7,16-17H2. The van der Waals surface area contributed by atoms with Crippen molar-refractivity contribution in [1.29, 1.82) is 0 Å². The molecule has 0 N–H and O–H groups in total. The van der Waals surface area contributed by atoms with Gasteiger partial charge in [0.1, 0.15) is 11.5 Å². The maximum Gasteiger partial charge on any atom is 0.311 e. The molecule has 0 unspecified atom stereocenters. The molecule has 0 aliphatic heterocycles. The molecule has 0 aliphatic carbocycles. The van der Waals surface area contributed by atoms with E-state index in [1.54, 1.807) is 12.1 Å². The monoisotopic (exact) mass is 384 g/mol. The highest BCUT2D eigenvalue weighted by Crippen LogP contribution is 2.27. The Morgan fingerprint density at radius 2 is 0.966 bits per heavy atom. The summed E-state index contributed by atoms with van der Waals surface area (Å²) in [6.07, 6.45) is 0.662. The number of fused-ring (bicyclic) bond motifs is 2. The lowest BCUT2D eigenvalue weighted by Crippen LogP contribution is -2.12. The van der Waals surface area contributed by atoms with E-state index >= 15 is 0 Å². The molecule has 0 aliphatic rings. The zero-order chi connectivity index (χ0) is 20.1. The lowest BCUT2D eigenvalue weighted by atomic mass is 10.1. The minimum Gasteiger partial charge on any atom is -0.426 e. The molecule has 0 radical (unpaired) electrons. The Kier molecular flexibility index (Phi) is 5.52. The maximum absolute atomic E-state index is 12.2. The first-order valence-electron chi connectivity index (χ1n) is 9.57. The molecule has 0 aromatic heterocycles. The fourth-order valence-corrected chi connectivity index (χ4v) is 3.29. The van der Waals surface area contributed by atoms with Crippen molar-refractivity contribution in [3.63, 3.8) is 0 Å². The van der Waals surface area contributed by atoms with Crippen molar-refractivity contribution in [3.8, 4) is 11.5 Å². The van der Waals surface area contributed by atoms with Crippen molar-refractivity contribution in [2.75, 3.05) is 0 Å². The van der Waals surface area contributed by atoms with Crippen LogP contribution in [0.2, 0.25) is 0 Å². The molecule has 0 atom stereocenters. The Hall–Kier alpha value is -3.66. The van der Waals surface area contributed by atoms with E-state index in [1.165, 1.54) is 0 Å². The fourth-order valence-electron chi connectivity index (χ4n) is 3.29. The van der Waals surface area contributed by atoms with Crippen LogP contribution < -0.4 is 9.47 Å². The summed E-state index contributed by atoms with van der Waals surface area (Å²) in [5, 5.41) is 3.80. The van der Waals surface area contributed by atoms with Gasteiger partial charge in [0.2, 0.25) is 0 Å². The summed E-state index contributed by atoms with van der Waals surface area (Å²) in [5.41, 5.74) is 0. The van der Waals surface area contributed by atoms with Crippen molar-refractivity contribution >= 4 is 33.5 Å². The molecule has 29 heavy (non-hydrogen) atoms. The van der Waals surface area contributed by atoms with Gasteiger partial charge in [-0.15, -0.1) is 0 Å². The minimum absolute atomic E-state index is 0.147. The molecular weight excluding hydrogens is 364 g/mol. The van der Waals surface area contributed by atoms with Gasteiger partial charge in [-0.2, -0.15) is 0 Å². The third kappa shape index (κ3) is 4.43. The van der Waals surface area contributed by atoms with Gasteiger partial charge in [-0.25, -0.2) is 0 Å². The van der Waals surface area contributed by atoms with E-state index in [0.717, 1.165) is 21.5 Å². The SMILES string of the molecule is O=C(CCCC(=O)Oc1cccc2ccccc12)Oc1cccc2ccccc12. The number of rotatable bonds is 6. The predicted molar refractivity (Wildman–Crippen MR) is 113 cm³/mol. The summed E-state index contributed by atoms with van der Waals surface area (Å²) in [5.74, 6) is 0.344. The van der Waals surface area contributed by atoms with Crippen molar-refractivity contribution in [1.82, 2.24) is 0 Å². The molecule has 4 rings (SSSR count). The van der Waals surface area contributed by atoms with Gasteiger partial charge in [0, 0.05) is 23.6 Å². The second kappa shape index (κ2) is 8.57. The normalized spacial score (nSPS) is 10.8. The van der Waals surface area contributed by atoms with Gasteiger partial charge in [-0.1, -0.05) is 72.8 Å². The van der Waals surface area contributed by atoms with Gasteiger partial charge >= 0.3 is 11.9 Å². The van der Waals surface area contributed by atoms with Gasteiger partial charge in [0.15, 0.2) is 0 Å². The number of hydrogen-bond acceptors (Lipinski definition) is 4. The van der Waals surface area contributed by atoms with E-state index in [4.69, 9.17) is 9.47 Å². The van der Waals surface area contributed by atoms with Gasteiger partial charge in [0.05, 0.1) is 0 Å². The highest BCUT2D eigenvalue weighted by Gasteiger charge is 2.12. The number of hydrogen-bond donors (Lipinski definition) is 0. The topological polar surface area (TPSA) is 52.6 Å². The quantitative estimate of drug-likeness (QED) is 0.317. The second-order valence-electron chi connectivity index (χ2n) is 6.76. The van der Waals surface area contributed by atoms with Crippen molar-refractivity contribution in [2.45, 2.75) is 19.3 Å². The van der Waals surface area contributed by atoms with Crippen LogP contribution in [0.15, 0.2) is 84.9 Å². The third-order valence-corrected chi connectivity index (χ3v) is 4.71. The summed E-state index contributed by atoms with van der Waals surface area (Å²) in [7, 11) is 0. The van der Waals surface area contributed by atoms with Crippen molar-refractivity contribution in [3.05, 3.63) is 84.9 Å². The minimum atomic E-state index is -0.362. The van der Waals surface area contributed by atoms with Crippen LogP contribution in [0.25, 0.3) is 21.5 Å². The largest absolute Gasteiger partial charge is 0.426 e. The molecule has 0 spiro atoms. The van der Waals surface area contributed by atoms with Crippen molar-refractivity contribution in [2.24, 2.45) is 0 Å². The lowest BCUT2D eigenvalue weighted by Gasteiger charge is -2.09. The van der Waals surface area contributed by atoms with Crippen LogP contribution >= 0.6 is 0 Å². The Balaban J connectivity index is 1.31. The Bertz CT molecular complexity index is 1080. The summed E-state index contributed by atoms with van der Waals surface area (Å²) in [4.78, 5) is 24.4. The number of benzene rings is 4. The molecule has 4 heteroatoms. The molecule has 0 bridgehead atoms. The number of carbonyl (C=O) groups excluding carboxylic acids is 2. The average molecular weight is 384 g/mol. The van der Waals surface area contributed by atoms with E-state index in [-0.39, 0.29) is 24.8 Å². The van der Waals surface area contributed by atoms with Crippen LogP contribution in [0.5, 0.6) is 11.5 Å². The molecule has 0 saturated carbocycles. The molecule has 4 aromatic rings. The van der Waals surface area contributed by atoms with E-state index in [0.29, 0.717) is 17.9 Å². The first-order chi connectivity index (χ1) is 14.2. The van der Waals surface area contributed by atoms with Gasteiger partial charge in [-0.05, 0) is 29.3 Å². The molecular formula is C25H20O4.